The largest absolute Gasteiger partial charge is 0.586 e. The number of fused-ring (bicyclic) bond motifs is 1. The van der Waals surface area contributed by atoms with Gasteiger partial charge in [-0.25, -0.2) is 4.98 Å². The Labute approximate surface area is 208 Å². The summed E-state index contributed by atoms with van der Waals surface area (Å²) in [5.41, 5.74) is 0.450. The number of benzene rings is 2. The molecule has 0 saturated heterocycles. The van der Waals surface area contributed by atoms with E-state index < -0.39 is 24.1 Å². The Morgan fingerprint density at radius 1 is 1.05 bits per heavy atom. The van der Waals surface area contributed by atoms with Gasteiger partial charge in [-0.3, -0.25) is 9.69 Å². The van der Waals surface area contributed by atoms with Crippen LogP contribution in [0.1, 0.15) is 5.56 Å². The number of ether oxygens (including phenoxy) is 3. The van der Waals surface area contributed by atoms with Gasteiger partial charge in [0, 0.05) is 32.5 Å². The minimum Gasteiger partial charge on any atom is -0.395 e. The van der Waals surface area contributed by atoms with E-state index >= 15 is 0 Å². The first kappa shape index (κ1) is 25.9. The molecule has 0 bridgehead atoms. The minimum absolute atomic E-state index is 0.150. The van der Waals surface area contributed by atoms with Crippen LogP contribution < -0.4 is 25.0 Å². The molecule has 3 aromatic rings. The van der Waals surface area contributed by atoms with Gasteiger partial charge >= 0.3 is 18.4 Å². The van der Waals surface area contributed by atoms with E-state index in [9.17, 15) is 26.7 Å². The number of carbonyl (C=O) groups is 1. The number of hydrogen-bond acceptors (Lipinski definition) is 7. The number of amides is 1. The maximum atomic E-state index is 13.6. The van der Waals surface area contributed by atoms with Gasteiger partial charge in [-0.2, -0.15) is 13.2 Å². The van der Waals surface area contributed by atoms with Gasteiger partial charge in [0.1, 0.15) is 5.82 Å². The molecular formula is C24H21F5N4O4. The van der Waals surface area contributed by atoms with Gasteiger partial charge in [-0.05, 0) is 42.0 Å². The fourth-order valence-electron chi connectivity index (χ4n) is 3.55. The second-order valence-corrected chi connectivity index (χ2v) is 7.78. The van der Waals surface area contributed by atoms with Gasteiger partial charge in [0.2, 0.25) is 0 Å². The van der Waals surface area contributed by atoms with Crippen molar-refractivity contribution in [1.82, 2.24) is 4.98 Å². The van der Waals surface area contributed by atoms with Crippen molar-refractivity contribution in [3.05, 3.63) is 66.4 Å². The number of para-hydroxylation sites is 2. The van der Waals surface area contributed by atoms with E-state index in [1.165, 1.54) is 18.2 Å². The van der Waals surface area contributed by atoms with Crippen molar-refractivity contribution in [3.8, 4) is 11.5 Å². The highest BCUT2D eigenvalue weighted by atomic mass is 19.4. The zero-order chi connectivity index (χ0) is 26.6. The normalized spacial score (nSPS) is 13.8. The predicted molar refractivity (Wildman–Crippen MR) is 124 cm³/mol. The second-order valence-electron chi connectivity index (χ2n) is 7.78. The SMILES string of the molecule is COCCNc1cc(CNc2ccccc2N(C(=O)C(F)(F)F)c2ccc3c(c2)OC(F)(F)O3)ccn1. The molecule has 1 amide bonds. The van der Waals surface area contributed by atoms with E-state index in [1.54, 1.807) is 31.5 Å². The molecule has 0 fully saturated rings. The highest BCUT2D eigenvalue weighted by Crippen LogP contribution is 2.45. The number of carbonyl (C=O) groups excluding carboxylic acids is 1. The predicted octanol–water partition coefficient (Wildman–Crippen LogP) is 5.30. The van der Waals surface area contributed by atoms with E-state index in [2.05, 4.69) is 25.1 Å². The minimum atomic E-state index is -5.26. The fraction of sp³-hybridized carbons (Fsp3) is 0.250. The molecule has 196 valence electrons. The van der Waals surface area contributed by atoms with Crippen LogP contribution in [0.2, 0.25) is 0 Å². The molecule has 0 radical (unpaired) electrons. The molecule has 0 aliphatic carbocycles. The van der Waals surface area contributed by atoms with E-state index in [0.717, 1.165) is 23.8 Å². The van der Waals surface area contributed by atoms with E-state index in [4.69, 9.17) is 4.74 Å². The summed E-state index contributed by atoms with van der Waals surface area (Å²) in [6.07, 6.45) is -7.66. The van der Waals surface area contributed by atoms with E-state index in [-0.39, 0.29) is 29.4 Å². The zero-order valence-electron chi connectivity index (χ0n) is 19.3. The van der Waals surface area contributed by atoms with Crippen LogP contribution in [0.25, 0.3) is 0 Å². The van der Waals surface area contributed by atoms with Crippen molar-refractivity contribution in [2.75, 3.05) is 35.8 Å². The summed E-state index contributed by atoms with van der Waals surface area (Å²) in [6, 6.07) is 12.2. The summed E-state index contributed by atoms with van der Waals surface area (Å²) in [5, 5.41) is 6.10. The van der Waals surface area contributed by atoms with Gasteiger partial charge in [-0.1, -0.05) is 12.1 Å². The first-order chi connectivity index (χ1) is 17.6. The maximum Gasteiger partial charge on any atom is 0.586 e. The zero-order valence-corrected chi connectivity index (χ0v) is 19.3. The summed E-state index contributed by atoms with van der Waals surface area (Å²) < 4.78 is 81.4. The molecular weight excluding hydrogens is 503 g/mol. The number of nitrogens with zero attached hydrogens (tertiary/aromatic N) is 2. The van der Waals surface area contributed by atoms with Crippen LogP contribution in [-0.4, -0.2) is 43.6 Å². The van der Waals surface area contributed by atoms with Crippen LogP contribution in [0.15, 0.2) is 60.8 Å². The number of aromatic nitrogens is 1. The number of hydrogen-bond donors (Lipinski definition) is 2. The van der Waals surface area contributed by atoms with Crippen molar-refractivity contribution in [3.63, 3.8) is 0 Å². The van der Waals surface area contributed by atoms with Crippen molar-refractivity contribution in [1.29, 1.82) is 0 Å². The molecule has 1 aliphatic rings. The third-order valence-electron chi connectivity index (χ3n) is 5.15. The number of nitrogens with one attached hydrogen (secondary N) is 2. The molecule has 0 atom stereocenters. The number of halogens is 5. The lowest BCUT2D eigenvalue weighted by molar-refractivity contribution is -0.286. The second kappa shape index (κ2) is 10.5. The van der Waals surface area contributed by atoms with Crippen LogP contribution in [0.3, 0.4) is 0 Å². The van der Waals surface area contributed by atoms with Gasteiger partial charge in [-0.15, -0.1) is 8.78 Å². The molecule has 13 heteroatoms. The molecule has 0 spiro atoms. The molecule has 0 unspecified atom stereocenters. The number of alkyl halides is 5. The monoisotopic (exact) mass is 524 g/mol. The van der Waals surface area contributed by atoms with Gasteiger partial charge < -0.3 is 24.8 Å². The molecule has 4 rings (SSSR count). The number of methoxy groups -OCH3 is 1. The summed E-state index contributed by atoms with van der Waals surface area (Å²) in [5.74, 6) is -2.51. The summed E-state index contributed by atoms with van der Waals surface area (Å²) in [6.45, 7) is 1.18. The van der Waals surface area contributed by atoms with Gasteiger partial charge in [0.05, 0.1) is 23.7 Å². The van der Waals surface area contributed by atoms with Crippen LogP contribution >= 0.6 is 0 Å². The molecule has 1 aliphatic heterocycles. The highest BCUT2D eigenvalue weighted by Gasteiger charge is 2.46. The van der Waals surface area contributed by atoms with Crippen molar-refractivity contribution in [2.24, 2.45) is 0 Å². The Morgan fingerprint density at radius 2 is 1.81 bits per heavy atom. The third kappa shape index (κ3) is 6.17. The Kier molecular flexibility index (Phi) is 7.34. The van der Waals surface area contributed by atoms with Crippen molar-refractivity contribution < 1.29 is 41.0 Å². The summed E-state index contributed by atoms with van der Waals surface area (Å²) >= 11 is 0. The fourth-order valence-corrected chi connectivity index (χ4v) is 3.55. The first-order valence-electron chi connectivity index (χ1n) is 10.9. The molecule has 37 heavy (non-hydrogen) atoms. The van der Waals surface area contributed by atoms with E-state index in [1.807, 2.05) is 0 Å². The number of pyridine rings is 1. The molecule has 8 nitrogen and oxygen atoms in total. The molecule has 2 heterocycles. The van der Waals surface area contributed by atoms with Gasteiger partial charge in [0.15, 0.2) is 11.5 Å². The summed E-state index contributed by atoms with van der Waals surface area (Å²) in [7, 11) is 1.57. The molecule has 2 N–H and O–H groups in total. The van der Waals surface area contributed by atoms with Gasteiger partial charge in [0.25, 0.3) is 0 Å². The Hall–Kier alpha value is -4.13. The maximum absolute atomic E-state index is 13.6. The van der Waals surface area contributed by atoms with Crippen molar-refractivity contribution in [2.45, 2.75) is 19.0 Å². The topological polar surface area (TPSA) is 85.0 Å². The van der Waals surface area contributed by atoms with Crippen LogP contribution in [0.5, 0.6) is 11.5 Å². The molecule has 0 saturated carbocycles. The average molecular weight is 524 g/mol. The number of rotatable bonds is 9. The van der Waals surface area contributed by atoms with E-state index in [0.29, 0.717) is 23.9 Å². The van der Waals surface area contributed by atoms with Crippen molar-refractivity contribution >= 4 is 28.8 Å². The van der Waals surface area contributed by atoms with Crippen LogP contribution in [-0.2, 0) is 16.1 Å². The lowest BCUT2D eigenvalue weighted by Crippen LogP contribution is -2.38. The molecule has 1 aromatic heterocycles. The standard InChI is InChI=1S/C24H21F5N4O4/c1-35-11-10-31-21-12-15(8-9-30-21)14-32-17-4-2-3-5-18(17)33(22(34)23(25,26)27)16-6-7-19-20(13-16)37-24(28,29)36-19/h2-9,12-13,32H,10-11,14H2,1H3,(H,30,31). The Balaban J connectivity index is 1.64. The molecule has 2 aromatic carbocycles. The Morgan fingerprint density at radius 3 is 2.57 bits per heavy atom. The first-order valence-corrected chi connectivity index (χ1v) is 10.9. The number of anilines is 4. The third-order valence-corrected chi connectivity index (χ3v) is 5.15. The lowest BCUT2D eigenvalue weighted by Gasteiger charge is -2.26. The smallest absolute Gasteiger partial charge is 0.395 e. The van der Waals surface area contributed by atoms with Crippen LogP contribution in [0, 0.1) is 0 Å². The lowest BCUT2D eigenvalue weighted by atomic mass is 10.1. The quantitative estimate of drug-likeness (QED) is 0.290. The summed E-state index contributed by atoms with van der Waals surface area (Å²) in [4.78, 5) is 17.1. The Bertz CT molecular complexity index is 1270. The van der Waals surface area contributed by atoms with Crippen LogP contribution in [0.4, 0.5) is 44.8 Å². The average Bonchev–Trinajstić information content (AvgIpc) is 3.16. The highest BCUT2D eigenvalue weighted by molar-refractivity contribution is 6.06.